The lowest BCUT2D eigenvalue weighted by Gasteiger charge is -2.28. The number of thiophene rings is 1. The van der Waals surface area contributed by atoms with Gasteiger partial charge in [0.2, 0.25) is 5.91 Å². The number of carbonyl (C=O) groups excluding carboxylic acids is 1. The number of aliphatic hydroxyl groups is 1. The highest BCUT2D eigenvalue weighted by atomic mass is 32.1. The molecule has 1 aromatic rings. The van der Waals surface area contributed by atoms with Crippen molar-refractivity contribution in [2.24, 2.45) is 5.92 Å². The number of hydrogen-bond donors (Lipinski definition) is 1. The van der Waals surface area contributed by atoms with Gasteiger partial charge in [-0.25, -0.2) is 0 Å². The summed E-state index contributed by atoms with van der Waals surface area (Å²) < 4.78 is 5.62. The van der Waals surface area contributed by atoms with E-state index in [-0.39, 0.29) is 24.5 Å². The summed E-state index contributed by atoms with van der Waals surface area (Å²) >= 11 is 1.67. The summed E-state index contributed by atoms with van der Waals surface area (Å²) in [5.41, 5.74) is 0.945. The summed E-state index contributed by atoms with van der Waals surface area (Å²) in [5.74, 6) is 5.73. The van der Waals surface area contributed by atoms with Crippen LogP contribution in [0.5, 0.6) is 0 Å². The van der Waals surface area contributed by atoms with Gasteiger partial charge in [0.05, 0.1) is 25.2 Å². The third-order valence-electron chi connectivity index (χ3n) is 4.17. The van der Waals surface area contributed by atoms with Crippen molar-refractivity contribution in [3.8, 4) is 11.8 Å². The molecule has 2 aliphatic rings. The minimum atomic E-state index is -0.116. The van der Waals surface area contributed by atoms with E-state index in [1.54, 1.807) is 11.3 Å². The maximum absolute atomic E-state index is 12.3. The topological polar surface area (TPSA) is 53.0 Å². The number of nitrogens with zero attached hydrogens (tertiary/aromatic N) is 2. The molecule has 0 saturated carbocycles. The highest BCUT2D eigenvalue weighted by Gasteiger charge is 2.37. The fourth-order valence-electron chi connectivity index (χ4n) is 3.01. The minimum absolute atomic E-state index is 0.0638. The Labute approximate surface area is 134 Å². The Kier molecular flexibility index (Phi) is 4.79. The van der Waals surface area contributed by atoms with Crippen LogP contribution in [0.2, 0.25) is 0 Å². The van der Waals surface area contributed by atoms with Crippen LogP contribution in [0.15, 0.2) is 11.4 Å². The molecule has 2 fully saturated rings. The molecule has 0 aliphatic carbocycles. The Morgan fingerprint density at radius 2 is 2.32 bits per heavy atom. The molecule has 1 aromatic heterocycles. The predicted molar refractivity (Wildman–Crippen MR) is 84.4 cm³/mol. The summed E-state index contributed by atoms with van der Waals surface area (Å²) in [5, 5.41) is 10.8. The van der Waals surface area contributed by atoms with Crippen molar-refractivity contribution in [2.45, 2.75) is 12.6 Å². The van der Waals surface area contributed by atoms with E-state index in [0.717, 1.165) is 25.2 Å². The molecule has 2 saturated heterocycles. The zero-order valence-electron chi connectivity index (χ0n) is 12.6. The van der Waals surface area contributed by atoms with Crippen LogP contribution in [0.1, 0.15) is 10.4 Å². The molecule has 6 heteroatoms. The molecule has 118 valence electrons. The SMILES string of the molecule is CN1C(=O)[C@H]2COC[C@@H]1CN(Cc1cc(C#CCO)cs1)C2. The van der Waals surface area contributed by atoms with Crippen LogP contribution in [0.25, 0.3) is 0 Å². The quantitative estimate of drug-likeness (QED) is 0.801. The Balaban J connectivity index is 1.70. The number of aliphatic hydroxyl groups excluding tert-OH is 1. The van der Waals surface area contributed by atoms with Crippen molar-refractivity contribution in [1.29, 1.82) is 0 Å². The van der Waals surface area contributed by atoms with Gasteiger partial charge in [0.1, 0.15) is 6.61 Å². The first kappa shape index (κ1) is 15.5. The molecule has 0 radical (unpaired) electrons. The average Bonchev–Trinajstić information content (AvgIpc) is 2.84. The van der Waals surface area contributed by atoms with Gasteiger partial charge in [0, 0.05) is 42.5 Å². The molecular formula is C16H20N2O3S. The van der Waals surface area contributed by atoms with Crippen LogP contribution in [0, 0.1) is 17.8 Å². The molecule has 2 atom stereocenters. The summed E-state index contributed by atoms with van der Waals surface area (Å²) in [6.45, 7) is 3.44. The van der Waals surface area contributed by atoms with E-state index in [2.05, 4.69) is 22.8 Å². The number of likely N-dealkylation sites (N-methyl/N-ethyl adjacent to an activating group) is 1. The predicted octanol–water partition coefficient (Wildman–Crippen LogP) is 0.381. The monoisotopic (exact) mass is 320 g/mol. The van der Waals surface area contributed by atoms with Crippen LogP contribution in [-0.4, -0.2) is 66.8 Å². The van der Waals surface area contributed by atoms with Crippen molar-refractivity contribution in [1.82, 2.24) is 9.80 Å². The molecular weight excluding hydrogens is 300 g/mol. The molecule has 0 aromatic carbocycles. The fourth-order valence-corrected chi connectivity index (χ4v) is 3.87. The van der Waals surface area contributed by atoms with Gasteiger partial charge in [0.15, 0.2) is 0 Å². The second-order valence-corrected chi connectivity index (χ2v) is 6.79. The first-order chi connectivity index (χ1) is 10.7. The van der Waals surface area contributed by atoms with Crippen molar-refractivity contribution >= 4 is 17.2 Å². The van der Waals surface area contributed by atoms with E-state index in [9.17, 15) is 4.79 Å². The molecule has 0 spiro atoms. The molecule has 2 bridgehead atoms. The second kappa shape index (κ2) is 6.80. The lowest BCUT2D eigenvalue weighted by atomic mass is 10.1. The number of ether oxygens (including phenoxy) is 1. The molecule has 0 unspecified atom stereocenters. The van der Waals surface area contributed by atoms with Crippen molar-refractivity contribution < 1.29 is 14.6 Å². The van der Waals surface area contributed by atoms with Crippen LogP contribution in [0.3, 0.4) is 0 Å². The summed E-state index contributed by atoms with van der Waals surface area (Å²) in [6, 6.07) is 2.20. The first-order valence-electron chi connectivity index (χ1n) is 7.41. The van der Waals surface area contributed by atoms with Gasteiger partial charge in [-0.2, -0.15) is 0 Å². The number of hydrogen-bond acceptors (Lipinski definition) is 5. The van der Waals surface area contributed by atoms with E-state index in [0.29, 0.717) is 13.2 Å². The van der Waals surface area contributed by atoms with Gasteiger partial charge in [-0.1, -0.05) is 11.8 Å². The van der Waals surface area contributed by atoms with E-state index in [4.69, 9.17) is 9.84 Å². The summed E-state index contributed by atoms with van der Waals surface area (Å²) in [7, 11) is 1.88. The number of carbonyl (C=O) groups is 1. The van der Waals surface area contributed by atoms with Gasteiger partial charge >= 0.3 is 0 Å². The molecule has 1 amide bonds. The third-order valence-corrected chi connectivity index (χ3v) is 5.09. The number of fused-ring (bicyclic) bond motifs is 3. The lowest BCUT2D eigenvalue weighted by Crippen LogP contribution is -2.42. The normalized spacial score (nSPS) is 25.5. The fraction of sp³-hybridized carbons (Fsp3) is 0.562. The van der Waals surface area contributed by atoms with Crippen LogP contribution >= 0.6 is 11.3 Å². The van der Waals surface area contributed by atoms with E-state index in [1.165, 1.54) is 4.88 Å². The highest BCUT2D eigenvalue weighted by molar-refractivity contribution is 7.10. The van der Waals surface area contributed by atoms with Gasteiger partial charge in [-0.05, 0) is 6.07 Å². The van der Waals surface area contributed by atoms with Gasteiger partial charge in [0.25, 0.3) is 0 Å². The first-order valence-corrected chi connectivity index (χ1v) is 8.29. The van der Waals surface area contributed by atoms with Gasteiger partial charge in [-0.15, -0.1) is 11.3 Å². The van der Waals surface area contributed by atoms with E-state index >= 15 is 0 Å². The van der Waals surface area contributed by atoms with Crippen molar-refractivity contribution in [3.63, 3.8) is 0 Å². The Hall–Kier alpha value is -1.39. The molecule has 3 heterocycles. The largest absolute Gasteiger partial charge is 0.384 e. The maximum Gasteiger partial charge on any atom is 0.229 e. The molecule has 1 N–H and O–H groups in total. The lowest BCUT2D eigenvalue weighted by molar-refractivity contribution is -0.133. The molecule has 3 rings (SSSR count). The molecule has 22 heavy (non-hydrogen) atoms. The maximum atomic E-state index is 12.3. The standard InChI is InChI=1S/C16H20N2O3S/c1-17-14-7-18(6-13(16(17)20)9-21-10-14)8-15-5-12(11-22-15)3-2-4-19/h5,11,13-14,19H,4,6-10H2,1H3/t13-,14+/m1/s1. The minimum Gasteiger partial charge on any atom is -0.384 e. The third kappa shape index (κ3) is 3.33. The smallest absolute Gasteiger partial charge is 0.229 e. The Morgan fingerprint density at radius 1 is 1.45 bits per heavy atom. The van der Waals surface area contributed by atoms with Crippen LogP contribution in [0.4, 0.5) is 0 Å². The van der Waals surface area contributed by atoms with Gasteiger partial charge in [-0.3, -0.25) is 9.69 Å². The van der Waals surface area contributed by atoms with Crippen LogP contribution < -0.4 is 0 Å². The number of rotatable bonds is 2. The van der Waals surface area contributed by atoms with Gasteiger partial charge < -0.3 is 14.7 Å². The van der Waals surface area contributed by atoms with Crippen molar-refractivity contribution in [3.05, 3.63) is 21.9 Å². The summed E-state index contributed by atoms with van der Waals surface area (Å²) in [4.78, 5) is 17.8. The Bertz CT molecular complexity index is 604. The zero-order valence-corrected chi connectivity index (χ0v) is 13.4. The summed E-state index contributed by atoms with van der Waals surface area (Å²) in [6.07, 6.45) is 0. The second-order valence-electron chi connectivity index (χ2n) is 5.79. The molecule has 5 nitrogen and oxygen atoms in total. The highest BCUT2D eigenvalue weighted by Crippen LogP contribution is 2.23. The van der Waals surface area contributed by atoms with Crippen molar-refractivity contribution in [2.75, 3.05) is 40.0 Å². The van der Waals surface area contributed by atoms with Crippen LogP contribution in [-0.2, 0) is 16.1 Å². The Morgan fingerprint density at radius 3 is 3.14 bits per heavy atom. The molecule has 2 aliphatic heterocycles. The number of amides is 1. The van der Waals surface area contributed by atoms with E-state index < -0.39 is 0 Å². The van der Waals surface area contributed by atoms with E-state index in [1.807, 2.05) is 17.3 Å². The zero-order chi connectivity index (χ0) is 15.5. The average molecular weight is 320 g/mol.